The quantitative estimate of drug-likeness (QED) is 0.627. The minimum Gasteiger partial charge on any atom is -0.455 e. The maximum atomic E-state index is 13.7. The van der Waals surface area contributed by atoms with E-state index in [1.165, 1.54) is 18.2 Å². The first-order valence-electron chi connectivity index (χ1n) is 8.66. The number of nitrogens with one attached hydrogen (secondary N) is 2. The SMILES string of the molecule is C=CCNC(=O)c1oc2c(c1C)/C(=N/NC(=O)c1ccccc1F)CCC2. The highest BCUT2D eigenvalue weighted by Crippen LogP contribution is 2.29. The standard InChI is InChI=1S/C20H20FN3O3/c1-3-11-22-20(26)18-12(2)17-15(9-6-10-16(17)27-18)23-24-19(25)13-7-4-5-8-14(13)21/h3-5,7-8H,1,6,9-11H2,2H3,(H,22,26)(H,24,25)/b23-15+. The number of fused-ring (bicyclic) bond motifs is 1. The molecule has 6 nitrogen and oxygen atoms in total. The Balaban J connectivity index is 1.85. The number of hydrazone groups is 1. The fourth-order valence-corrected chi connectivity index (χ4v) is 3.07. The van der Waals surface area contributed by atoms with Crippen molar-refractivity contribution in [2.75, 3.05) is 6.54 Å². The Labute approximate surface area is 156 Å². The molecule has 140 valence electrons. The van der Waals surface area contributed by atoms with Gasteiger partial charge < -0.3 is 9.73 Å². The number of carbonyl (C=O) groups is 2. The highest BCUT2D eigenvalue weighted by molar-refractivity contribution is 6.07. The molecule has 1 aromatic carbocycles. The zero-order chi connectivity index (χ0) is 19.4. The first-order valence-corrected chi connectivity index (χ1v) is 8.66. The minimum absolute atomic E-state index is 0.0775. The molecule has 0 unspecified atom stereocenters. The summed E-state index contributed by atoms with van der Waals surface area (Å²) in [6, 6.07) is 5.70. The first kappa shape index (κ1) is 18.6. The maximum Gasteiger partial charge on any atom is 0.287 e. The molecule has 1 aliphatic carbocycles. The molecule has 0 radical (unpaired) electrons. The maximum absolute atomic E-state index is 13.7. The Morgan fingerprint density at radius 3 is 2.81 bits per heavy atom. The normalized spacial score (nSPS) is 14.5. The Kier molecular flexibility index (Phi) is 5.49. The zero-order valence-corrected chi connectivity index (χ0v) is 15.0. The van der Waals surface area contributed by atoms with Gasteiger partial charge in [0.15, 0.2) is 5.76 Å². The average molecular weight is 369 g/mol. The van der Waals surface area contributed by atoms with Gasteiger partial charge in [-0.05, 0) is 31.9 Å². The number of benzene rings is 1. The van der Waals surface area contributed by atoms with Crippen LogP contribution in [0.5, 0.6) is 0 Å². The molecule has 27 heavy (non-hydrogen) atoms. The van der Waals surface area contributed by atoms with Crippen molar-refractivity contribution in [2.24, 2.45) is 5.10 Å². The van der Waals surface area contributed by atoms with Crippen LogP contribution in [0.3, 0.4) is 0 Å². The fourth-order valence-electron chi connectivity index (χ4n) is 3.07. The summed E-state index contributed by atoms with van der Waals surface area (Å²) in [6.07, 6.45) is 3.67. The number of rotatable bonds is 5. The molecule has 7 heteroatoms. The molecule has 2 amide bonds. The zero-order valence-electron chi connectivity index (χ0n) is 15.0. The van der Waals surface area contributed by atoms with Crippen molar-refractivity contribution in [3.05, 3.63) is 70.9 Å². The summed E-state index contributed by atoms with van der Waals surface area (Å²) in [5.74, 6) is -0.659. The number of hydrogen-bond acceptors (Lipinski definition) is 4. The van der Waals surface area contributed by atoms with Crippen LogP contribution in [-0.2, 0) is 6.42 Å². The molecule has 1 heterocycles. The topological polar surface area (TPSA) is 83.7 Å². The van der Waals surface area contributed by atoms with Gasteiger partial charge in [-0.3, -0.25) is 9.59 Å². The van der Waals surface area contributed by atoms with Crippen molar-refractivity contribution in [2.45, 2.75) is 26.2 Å². The van der Waals surface area contributed by atoms with Gasteiger partial charge in [-0.25, -0.2) is 9.82 Å². The molecular weight excluding hydrogens is 349 g/mol. The van der Waals surface area contributed by atoms with Gasteiger partial charge in [-0.2, -0.15) is 5.10 Å². The number of halogens is 1. The summed E-state index contributed by atoms with van der Waals surface area (Å²) in [5.41, 5.74) is 4.35. The van der Waals surface area contributed by atoms with E-state index >= 15 is 0 Å². The predicted molar refractivity (Wildman–Crippen MR) is 99.3 cm³/mol. The highest BCUT2D eigenvalue weighted by atomic mass is 19.1. The van der Waals surface area contributed by atoms with Crippen LogP contribution in [-0.4, -0.2) is 24.1 Å². The molecule has 2 aromatic rings. The number of furan rings is 1. The fraction of sp³-hybridized carbons (Fsp3) is 0.250. The Hall–Kier alpha value is -3.22. The highest BCUT2D eigenvalue weighted by Gasteiger charge is 2.28. The summed E-state index contributed by atoms with van der Waals surface area (Å²) in [5, 5.41) is 6.87. The second kappa shape index (κ2) is 7.99. The van der Waals surface area contributed by atoms with Gasteiger partial charge in [-0.15, -0.1) is 6.58 Å². The molecule has 0 saturated carbocycles. The summed E-state index contributed by atoms with van der Waals surface area (Å²) < 4.78 is 19.5. The summed E-state index contributed by atoms with van der Waals surface area (Å²) in [6.45, 7) is 5.69. The Bertz CT molecular complexity index is 931. The summed E-state index contributed by atoms with van der Waals surface area (Å²) in [4.78, 5) is 24.4. The Morgan fingerprint density at radius 1 is 1.30 bits per heavy atom. The van der Waals surface area contributed by atoms with Crippen molar-refractivity contribution in [3.8, 4) is 0 Å². The number of nitrogens with zero attached hydrogens (tertiary/aromatic N) is 1. The summed E-state index contributed by atoms with van der Waals surface area (Å²) >= 11 is 0. The van der Waals surface area contributed by atoms with Crippen LogP contribution in [0.25, 0.3) is 0 Å². The van der Waals surface area contributed by atoms with Gasteiger partial charge in [0, 0.05) is 24.1 Å². The van der Waals surface area contributed by atoms with Gasteiger partial charge in [-0.1, -0.05) is 18.2 Å². The van der Waals surface area contributed by atoms with Crippen LogP contribution < -0.4 is 10.7 Å². The van der Waals surface area contributed by atoms with Crippen molar-refractivity contribution in [1.29, 1.82) is 0 Å². The molecule has 0 aliphatic heterocycles. The Morgan fingerprint density at radius 2 is 2.07 bits per heavy atom. The minimum atomic E-state index is -0.627. The van der Waals surface area contributed by atoms with Crippen LogP contribution >= 0.6 is 0 Å². The van der Waals surface area contributed by atoms with E-state index < -0.39 is 11.7 Å². The van der Waals surface area contributed by atoms with Crippen molar-refractivity contribution in [1.82, 2.24) is 10.7 Å². The molecular formula is C20H20FN3O3. The molecule has 1 aromatic heterocycles. The van der Waals surface area contributed by atoms with E-state index in [1.54, 1.807) is 19.1 Å². The van der Waals surface area contributed by atoms with Crippen LogP contribution in [0.15, 0.2) is 46.4 Å². The molecule has 3 rings (SSSR count). The van der Waals surface area contributed by atoms with Crippen LogP contribution in [0.4, 0.5) is 4.39 Å². The first-order chi connectivity index (χ1) is 13.0. The van der Waals surface area contributed by atoms with Crippen LogP contribution in [0, 0.1) is 12.7 Å². The average Bonchev–Trinajstić information content (AvgIpc) is 3.02. The molecule has 0 atom stereocenters. The lowest BCUT2D eigenvalue weighted by molar-refractivity contribution is 0.0925. The van der Waals surface area contributed by atoms with Crippen molar-refractivity contribution >= 4 is 17.5 Å². The lowest BCUT2D eigenvalue weighted by atomic mass is 9.93. The third-order valence-corrected chi connectivity index (χ3v) is 4.35. The lowest BCUT2D eigenvalue weighted by Gasteiger charge is -2.13. The van der Waals surface area contributed by atoms with E-state index in [-0.39, 0.29) is 17.2 Å². The van der Waals surface area contributed by atoms with E-state index in [2.05, 4.69) is 22.4 Å². The smallest absolute Gasteiger partial charge is 0.287 e. The number of hydrogen-bond donors (Lipinski definition) is 2. The van der Waals surface area contributed by atoms with E-state index in [1.807, 2.05) is 0 Å². The summed E-state index contributed by atoms with van der Waals surface area (Å²) in [7, 11) is 0. The van der Waals surface area contributed by atoms with Gasteiger partial charge in [0.05, 0.1) is 11.3 Å². The number of carbonyl (C=O) groups excluding carboxylic acids is 2. The predicted octanol–water partition coefficient (Wildman–Crippen LogP) is 3.11. The van der Waals surface area contributed by atoms with E-state index in [9.17, 15) is 14.0 Å². The second-order valence-corrected chi connectivity index (χ2v) is 6.19. The molecule has 2 N–H and O–H groups in total. The van der Waals surface area contributed by atoms with Gasteiger partial charge in [0.25, 0.3) is 11.8 Å². The van der Waals surface area contributed by atoms with Gasteiger partial charge >= 0.3 is 0 Å². The van der Waals surface area contributed by atoms with Gasteiger partial charge in [0.2, 0.25) is 0 Å². The molecule has 0 bridgehead atoms. The van der Waals surface area contributed by atoms with Crippen LogP contribution in [0.2, 0.25) is 0 Å². The largest absolute Gasteiger partial charge is 0.455 e. The van der Waals surface area contributed by atoms with Gasteiger partial charge in [0.1, 0.15) is 11.6 Å². The van der Waals surface area contributed by atoms with E-state index in [0.717, 1.165) is 12.0 Å². The molecule has 0 saturated heterocycles. The monoisotopic (exact) mass is 369 g/mol. The number of aryl methyl sites for hydroxylation is 1. The van der Waals surface area contributed by atoms with Crippen molar-refractivity contribution < 1.29 is 18.4 Å². The third-order valence-electron chi connectivity index (χ3n) is 4.35. The molecule has 1 aliphatic rings. The lowest BCUT2D eigenvalue weighted by Crippen LogP contribution is -2.24. The van der Waals surface area contributed by atoms with Crippen LogP contribution in [0.1, 0.15) is 50.6 Å². The van der Waals surface area contributed by atoms with E-state index in [4.69, 9.17) is 4.42 Å². The number of amides is 2. The molecule has 0 fully saturated rings. The third kappa shape index (κ3) is 3.81. The molecule has 0 spiro atoms. The van der Waals surface area contributed by atoms with Crippen molar-refractivity contribution in [3.63, 3.8) is 0 Å². The second-order valence-electron chi connectivity index (χ2n) is 6.19. The van der Waals surface area contributed by atoms with E-state index in [0.29, 0.717) is 36.4 Å².